The molecule has 0 saturated carbocycles. The van der Waals surface area contributed by atoms with Crippen molar-refractivity contribution in [3.8, 4) is 17.2 Å². The Hall–Kier alpha value is -4.00. The number of benzene rings is 3. The zero-order chi connectivity index (χ0) is 22.0. The van der Waals surface area contributed by atoms with Crippen molar-refractivity contribution >= 4 is 22.9 Å². The number of rotatable bonds is 2. The number of phenols is 1. The number of ketones is 2. The van der Waals surface area contributed by atoms with Gasteiger partial charge in [0.1, 0.15) is 17.2 Å². The second kappa shape index (κ2) is 8.16. The Morgan fingerprint density at radius 3 is 1.47 bits per heavy atom. The molecule has 3 aromatic carbocycles. The molecule has 1 aliphatic carbocycles. The molecule has 0 aromatic heterocycles. The Kier molecular flexibility index (Phi) is 5.64. The summed E-state index contributed by atoms with van der Waals surface area (Å²) >= 11 is 0. The van der Waals surface area contributed by atoms with E-state index in [9.17, 15) is 14.7 Å². The van der Waals surface area contributed by atoms with Gasteiger partial charge in [0.25, 0.3) is 0 Å². The number of methoxy groups -OCH3 is 2. The molecule has 7 heteroatoms. The third-order valence-electron chi connectivity index (χ3n) is 4.80. The molecule has 0 heterocycles. The third-order valence-corrected chi connectivity index (χ3v) is 4.80. The van der Waals surface area contributed by atoms with Crippen LogP contribution >= 0.6 is 0 Å². The van der Waals surface area contributed by atoms with Crippen LogP contribution in [0.2, 0.25) is 0 Å². The molecule has 1 aliphatic rings. The molecule has 5 N–H and O–H groups in total. The number of hydrogen-bond donors (Lipinski definition) is 3. The first kappa shape index (κ1) is 20.7. The summed E-state index contributed by atoms with van der Waals surface area (Å²) in [5, 5.41) is 9.22. The van der Waals surface area contributed by atoms with Gasteiger partial charge in [0, 0.05) is 51.3 Å². The molecule has 0 aliphatic heterocycles. The van der Waals surface area contributed by atoms with Gasteiger partial charge in [-0.2, -0.15) is 0 Å². The van der Waals surface area contributed by atoms with E-state index in [1.165, 1.54) is 12.1 Å². The molecule has 0 unspecified atom stereocenters. The number of ether oxygens (including phenoxy) is 2. The first-order chi connectivity index (χ1) is 14.3. The van der Waals surface area contributed by atoms with Gasteiger partial charge in [0.05, 0.1) is 14.2 Å². The fourth-order valence-corrected chi connectivity index (χ4v) is 3.26. The van der Waals surface area contributed by atoms with Gasteiger partial charge < -0.3 is 26.0 Å². The van der Waals surface area contributed by atoms with E-state index in [4.69, 9.17) is 20.9 Å². The van der Waals surface area contributed by atoms with E-state index >= 15 is 0 Å². The first-order valence-corrected chi connectivity index (χ1v) is 9.06. The summed E-state index contributed by atoms with van der Waals surface area (Å²) in [5.41, 5.74) is 14.6. The minimum atomic E-state index is -0.188. The lowest BCUT2D eigenvalue weighted by molar-refractivity contribution is 0.0979. The summed E-state index contributed by atoms with van der Waals surface area (Å²) in [6, 6.07) is 12.6. The van der Waals surface area contributed by atoms with Gasteiger partial charge in [0.15, 0.2) is 11.6 Å². The molecule has 30 heavy (non-hydrogen) atoms. The van der Waals surface area contributed by atoms with Crippen LogP contribution in [0.4, 0.5) is 11.4 Å². The first-order valence-electron chi connectivity index (χ1n) is 9.06. The summed E-state index contributed by atoms with van der Waals surface area (Å²) in [6.45, 7) is 1.87. The van der Waals surface area contributed by atoms with Crippen LogP contribution in [-0.2, 0) is 0 Å². The van der Waals surface area contributed by atoms with Gasteiger partial charge in [0.2, 0.25) is 0 Å². The lowest BCUT2D eigenvalue weighted by atomic mass is 9.83. The number of aromatic hydroxyl groups is 1. The Morgan fingerprint density at radius 1 is 0.700 bits per heavy atom. The quantitative estimate of drug-likeness (QED) is 0.436. The molecule has 0 fully saturated rings. The number of nitrogen functional groups attached to an aromatic ring is 2. The SMILES string of the molecule is COc1cc(O)cc(OC)c1C.Nc1ccc2c(c1)C(=O)c1ccc(N)cc1C2=O. The minimum absolute atomic E-state index is 0.148. The maximum absolute atomic E-state index is 12.3. The van der Waals surface area contributed by atoms with Crippen molar-refractivity contribution < 1.29 is 24.2 Å². The highest BCUT2D eigenvalue weighted by Gasteiger charge is 2.29. The van der Waals surface area contributed by atoms with Gasteiger partial charge in [-0.1, -0.05) is 0 Å². The molecular weight excluding hydrogens is 384 g/mol. The van der Waals surface area contributed by atoms with Gasteiger partial charge in [-0.25, -0.2) is 0 Å². The molecule has 3 aromatic rings. The highest BCUT2D eigenvalue weighted by molar-refractivity contribution is 6.28. The van der Waals surface area contributed by atoms with E-state index < -0.39 is 0 Å². The molecule has 7 nitrogen and oxygen atoms in total. The lowest BCUT2D eigenvalue weighted by Gasteiger charge is -2.17. The van der Waals surface area contributed by atoms with Crippen molar-refractivity contribution in [1.82, 2.24) is 0 Å². The average Bonchev–Trinajstić information content (AvgIpc) is 2.73. The lowest BCUT2D eigenvalue weighted by Crippen LogP contribution is -2.21. The highest BCUT2D eigenvalue weighted by Crippen LogP contribution is 2.32. The number of carbonyl (C=O) groups is 2. The predicted octanol–water partition coefficient (Wildman–Crippen LogP) is 3.34. The van der Waals surface area contributed by atoms with Crippen molar-refractivity contribution in [2.75, 3.05) is 25.7 Å². The topological polar surface area (TPSA) is 125 Å². The standard InChI is InChI=1S/C14H10N2O2.C9H12O3/c15-7-1-3-9-11(5-7)14(18)10-4-2-8(16)6-12(10)13(9)17;1-6-8(11-2)4-7(10)5-9(6)12-3/h1-6H,15-16H2;4-5,10H,1-3H3. The number of nitrogens with two attached hydrogens (primary N) is 2. The van der Waals surface area contributed by atoms with Gasteiger partial charge in [-0.05, 0) is 43.3 Å². The third kappa shape index (κ3) is 3.77. The van der Waals surface area contributed by atoms with Gasteiger partial charge in [-0.15, -0.1) is 0 Å². The monoisotopic (exact) mass is 406 g/mol. The van der Waals surface area contributed by atoms with Crippen molar-refractivity contribution in [2.45, 2.75) is 6.92 Å². The zero-order valence-corrected chi connectivity index (χ0v) is 16.9. The predicted molar refractivity (Wildman–Crippen MR) is 115 cm³/mol. The van der Waals surface area contributed by atoms with Gasteiger partial charge in [-0.3, -0.25) is 9.59 Å². The Morgan fingerprint density at radius 2 is 1.10 bits per heavy atom. The van der Waals surface area contributed by atoms with E-state index in [0.29, 0.717) is 45.1 Å². The van der Waals surface area contributed by atoms with Crippen LogP contribution in [0, 0.1) is 6.92 Å². The van der Waals surface area contributed by atoms with Crippen molar-refractivity contribution in [3.63, 3.8) is 0 Å². The van der Waals surface area contributed by atoms with Crippen LogP contribution < -0.4 is 20.9 Å². The smallest absolute Gasteiger partial charge is 0.194 e. The zero-order valence-electron chi connectivity index (χ0n) is 16.9. The number of phenolic OH excluding ortho intramolecular Hbond substituents is 1. The fraction of sp³-hybridized carbons (Fsp3) is 0.130. The van der Waals surface area contributed by atoms with Gasteiger partial charge >= 0.3 is 0 Å². The number of hydrogen-bond acceptors (Lipinski definition) is 7. The molecule has 0 amide bonds. The van der Waals surface area contributed by atoms with Crippen LogP contribution in [0.25, 0.3) is 0 Å². The van der Waals surface area contributed by atoms with E-state index in [1.807, 2.05) is 6.92 Å². The average molecular weight is 406 g/mol. The van der Waals surface area contributed by atoms with Crippen LogP contribution in [-0.4, -0.2) is 30.9 Å². The minimum Gasteiger partial charge on any atom is -0.508 e. The second-order valence-corrected chi connectivity index (χ2v) is 6.74. The summed E-state index contributed by atoms with van der Waals surface area (Å²) < 4.78 is 10.1. The van der Waals surface area contributed by atoms with Crippen LogP contribution in [0.3, 0.4) is 0 Å². The largest absolute Gasteiger partial charge is 0.508 e. The molecule has 0 atom stereocenters. The van der Waals surface area contributed by atoms with E-state index in [0.717, 1.165) is 5.56 Å². The maximum Gasteiger partial charge on any atom is 0.194 e. The molecule has 4 rings (SSSR count). The Labute approximate surface area is 173 Å². The van der Waals surface area contributed by atoms with E-state index in [2.05, 4.69) is 0 Å². The van der Waals surface area contributed by atoms with Crippen molar-refractivity contribution in [1.29, 1.82) is 0 Å². The molecular formula is C23H22N2O5. The van der Waals surface area contributed by atoms with Crippen LogP contribution in [0.5, 0.6) is 17.2 Å². The number of carbonyl (C=O) groups excluding carboxylic acids is 2. The van der Waals surface area contributed by atoms with Crippen molar-refractivity contribution in [2.24, 2.45) is 0 Å². The van der Waals surface area contributed by atoms with Crippen molar-refractivity contribution in [3.05, 3.63) is 76.3 Å². The van der Waals surface area contributed by atoms with E-state index in [-0.39, 0.29) is 17.3 Å². The summed E-state index contributed by atoms with van der Waals surface area (Å²) in [6.07, 6.45) is 0. The number of fused-ring (bicyclic) bond motifs is 2. The molecule has 0 saturated heterocycles. The highest BCUT2D eigenvalue weighted by atomic mass is 16.5. The maximum atomic E-state index is 12.3. The van der Waals surface area contributed by atoms with Crippen LogP contribution in [0.1, 0.15) is 37.4 Å². The summed E-state index contributed by atoms with van der Waals surface area (Å²) in [7, 11) is 3.11. The molecule has 0 spiro atoms. The van der Waals surface area contributed by atoms with E-state index in [1.54, 1.807) is 50.6 Å². The summed E-state index contributed by atoms with van der Waals surface area (Å²) in [5.74, 6) is 1.03. The molecule has 0 radical (unpaired) electrons. The summed E-state index contributed by atoms with van der Waals surface area (Å²) in [4.78, 5) is 24.5. The molecule has 0 bridgehead atoms. The number of anilines is 2. The Bertz CT molecular complexity index is 1070. The normalized spacial score (nSPS) is 11.7. The second-order valence-electron chi connectivity index (χ2n) is 6.74. The fourth-order valence-electron chi connectivity index (χ4n) is 3.26. The Balaban J connectivity index is 0.000000187. The van der Waals surface area contributed by atoms with Crippen LogP contribution in [0.15, 0.2) is 48.5 Å². The molecule has 154 valence electrons.